The lowest BCUT2D eigenvalue weighted by atomic mass is 10.0. The van der Waals surface area contributed by atoms with E-state index in [4.69, 9.17) is 14.2 Å². The standard InChI is InChI=1S/C20H20FNO4/c1-4-5-13-10-14(11-18(24-2)19(13)25-3)20(23)22-8-9-26-17-12-15(21)6-7-16(17)22/h4,6-7,10-12H,1,5,8-9H2,2-3H3. The number of carbonyl (C=O) groups is 1. The van der Waals surface area contributed by atoms with Crippen molar-refractivity contribution >= 4 is 11.6 Å². The smallest absolute Gasteiger partial charge is 0.258 e. The first-order valence-corrected chi connectivity index (χ1v) is 8.19. The van der Waals surface area contributed by atoms with Crippen LogP contribution >= 0.6 is 0 Å². The Hall–Kier alpha value is -3.02. The molecule has 136 valence electrons. The van der Waals surface area contributed by atoms with Gasteiger partial charge in [-0.15, -0.1) is 6.58 Å². The normalized spacial score (nSPS) is 12.8. The molecule has 1 amide bonds. The maximum atomic E-state index is 13.4. The third-order valence-corrected chi connectivity index (χ3v) is 4.20. The zero-order chi connectivity index (χ0) is 18.7. The van der Waals surface area contributed by atoms with Crippen LogP contribution in [0, 0.1) is 5.82 Å². The van der Waals surface area contributed by atoms with Gasteiger partial charge in [-0.3, -0.25) is 4.79 Å². The number of rotatable bonds is 5. The first kappa shape index (κ1) is 17.8. The van der Waals surface area contributed by atoms with Gasteiger partial charge in [-0.25, -0.2) is 4.39 Å². The van der Waals surface area contributed by atoms with Crippen LogP contribution in [0.25, 0.3) is 0 Å². The highest BCUT2D eigenvalue weighted by Crippen LogP contribution is 2.36. The Balaban J connectivity index is 2.03. The quantitative estimate of drug-likeness (QED) is 0.767. The maximum absolute atomic E-state index is 13.4. The molecule has 1 aliphatic rings. The van der Waals surface area contributed by atoms with Crippen LogP contribution in [0.1, 0.15) is 15.9 Å². The van der Waals surface area contributed by atoms with Gasteiger partial charge in [0, 0.05) is 17.2 Å². The minimum atomic E-state index is -0.405. The third kappa shape index (κ3) is 3.22. The zero-order valence-electron chi connectivity index (χ0n) is 14.8. The Labute approximate surface area is 151 Å². The van der Waals surface area contributed by atoms with Crippen molar-refractivity contribution in [3.63, 3.8) is 0 Å². The molecule has 5 nitrogen and oxygen atoms in total. The van der Waals surface area contributed by atoms with Crippen LogP contribution in [0.2, 0.25) is 0 Å². The number of amides is 1. The Morgan fingerprint density at radius 3 is 2.81 bits per heavy atom. The number of carbonyl (C=O) groups excluding carboxylic acids is 1. The fourth-order valence-corrected chi connectivity index (χ4v) is 3.03. The first-order valence-electron chi connectivity index (χ1n) is 8.19. The van der Waals surface area contributed by atoms with E-state index in [9.17, 15) is 9.18 Å². The van der Waals surface area contributed by atoms with Gasteiger partial charge >= 0.3 is 0 Å². The van der Waals surface area contributed by atoms with E-state index in [0.717, 1.165) is 5.56 Å². The van der Waals surface area contributed by atoms with Crippen LogP contribution in [0.4, 0.5) is 10.1 Å². The lowest BCUT2D eigenvalue weighted by Crippen LogP contribution is -2.38. The van der Waals surface area contributed by atoms with E-state index >= 15 is 0 Å². The van der Waals surface area contributed by atoms with Crippen LogP contribution in [-0.4, -0.2) is 33.3 Å². The van der Waals surface area contributed by atoms with E-state index in [1.165, 1.54) is 19.2 Å². The molecule has 1 aliphatic heterocycles. The van der Waals surface area contributed by atoms with Crippen molar-refractivity contribution in [3.8, 4) is 17.2 Å². The minimum Gasteiger partial charge on any atom is -0.493 e. The molecule has 0 fully saturated rings. The van der Waals surface area contributed by atoms with E-state index in [0.29, 0.717) is 48.1 Å². The molecule has 6 heteroatoms. The van der Waals surface area contributed by atoms with Gasteiger partial charge in [0.25, 0.3) is 5.91 Å². The van der Waals surface area contributed by atoms with Gasteiger partial charge in [0.2, 0.25) is 0 Å². The molecular weight excluding hydrogens is 337 g/mol. The molecule has 0 radical (unpaired) electrons. The van der Waals surface area contributed by atoms with Crippen molar-refractivity contribution in [3.05, 3.63) is 59.9 Å². The molecule has 0 N–H and O–H groups in total. The molecule has 0 saturated carbocycles. The molecule has 0 saturated heterocycles. The summed E-state index contributed by atoms with van der Waals surface area (Å²) in [5.74, 6) is 0.789. The lowest BCUT2D eigenvalue weighted by molar-refractivity contribution is 0.0976. The van der Waals surface area contributed by atoms with Crippen LogP contribution in [0.5, 0.6) is 17.2 Å². The molecule has 1 heterocycles. The molecule has 0 atom stereocenters. The minimum absolute atomic E-state index is 0.215. The number of ether oxygens (including phenoxy) is 3. The SMILES string of the molecule is C=CCc1cc(C(=O)N2CCOc3cc(F)ccc32)cc(OC)c1OC. The van der Waals surface area contributed by atoms with Gasteiger partial charge < -0.3 is 19.1 Å². The highest BCUT2D eigenvalue weighted by Gasteiger charge is 2.26. The highest BCUT2D eigenvalue weighted by atomic mass is 19.1. The molecule has 3 rings (SSSR count). The van der Waals surface area contributed by atoms with E-state index in [1.54, 1.807) is 36.3 Å². The fourth-order valence-electron chi connectivity index (χ4n) is 3.03. The van der Waals surface area contributed by atoms with Gasteiger partial charge in [-0.1, -0.05) is 6.08 Å². The number of allylic oxidation sites excluding steroid dienone is 1. The largest absolute Gasteiger partial charge is 0.493 e. The summed E-state index contributed by atoms with van der Waals surface area (Å²) in [6.45, 7) is 4.42. The van der Waals surface area contributed by atoms with Gasteiger partial charge in [-0.2, -0.15) is 0 Å². The predicted octanol–water partition coefficient (Wildman–Crippen LogP) is 3.61. The summed E-state index contributed by atoms with van der Waals surface area (Å²) in [4.78, 5) is 14.7. The second-order valence-corrected chi connectivity index (χ2v) is 5.78. The monoisotopic (exact) mass is 357 g/mol. The number of hydrogen-bond donors (Lipinski definition) is 0. The third-order valence-electron chi connectivity index (χ3n) is 4.20. The van der Waals surface area contributed by atoms with Crippen molar-refractivity contribution in [2.24, 2.45) is 0 Å². The first-order chi connectivity index (χ1) is 12.6. The van der Waals surface area contributed by atoms with Gasteiger partial charge in [0.15, 0.2) is 11.5 Å². The Morgan fingerprint density at radius 1 is 1.31 bits per heavy atom. The molecule has 0 aromatic heterocycles. The topological polar surface area (TPSA) is 48.0 Å². The maximum Gasteiger partial charge on any atom is 0.258 e. The van der Waals surface area contributed by atoms with Crippen LogP contribution in [-0.2, 0) is 6.42 Å². The van der Waals surface area contributed by atoms with Crippen LogP contribution < -0.4 is 19.1 Å². The van der Waals surface area contributed by atoms with Gasteiger partial charge in [-0.05, 0) is 30.7 Å². The molecular formula is C20H20FNO4. The van der Waals surface area contributed by atoms with Crippen molar-refractivity contribution in [2.75, 3.05) is 32.3 Å². The van der Waals surface area contributed by atoms with Gasteiger partial charge in [0.05, 0.1) is 26.5 Å². The highest BCUT2D eigenvalue weighted by molar-refractivity contribution is 6.07. The second kappa shape index (κ2) is 7.47. The summed E-state index contributed by atoms with van der Waals surface area (Å²) in [7, 11) is 3.08. The number of benzene rings is 2. The number of anilines is 1. The number of methoxy groups -OCH3 is 2. The molecule has 26 heavy (non-hydrogen) atoms. The number of fused-ring (bicyclic) bond motifs is 1. The Kier molecular flexibility index (Phi) is 5.11. The Bertz CT molecular complexity index is 850. The second-order valence-electron chi connectivity index (χ2n) is 5.78. The molecule has 2 aromatic rings. The summed E-state index contributed by atoms with van der Waals surface area (Å²) in [5, 5.41) is 0. The molecule has 0 aliphatic carbocycles. The molecule has 0 spiro atoms. The number of nitrogens with zero attached hydrogens (tertiary/aromatic N) is 1. The van der Waals surface area contributed by atoms with Crippen molar-refractivity contribution in [1.29, 1.82) is 0 Å². The molecule has 0 bridgehead atoms. The lowest BCUT2D eigenvalue weighted by Gasteiger charge is -2.30. The van der Waals surface area contributed by atoms with E-state index in [2.05, 4.69) is 6.58 Å². The number of halogens is 1. The summed E-state index contributed by atoms with van der Waals surface area (Å²) >= 11 is 0. The number of hydrogen-bond acceptors (Lipinski definition) is 4. The van der Waals surface area contributed by atoms with E-state index in [1.807, 2.05) is 0 Å². The summed E-state index contributed by atoms with van der Waals surface area (Å²) in [6, 6.07) is 7.56. The average Bonchev–Trinajstić information content (AvgIpc) is 2.66. The summed E-state index contributed by atoms with van der Waals surface area (Å²) in [6.07, 6.45) is 2.27. The van der Waals surface area contributed by atoms with E-state index in [-0.39, 0.29) is 5.91 Å². The van der Waals surface area contributed by atoms with Crippen LogP contribution in [0.3, 0.4) is 0 Å². The Morgan fingerprint density at radius 2 is 2.12 bits per heavy atom. The molecule has 0 unspecified atom stereocenters. The van der Waals surface area contributed by atoms with Crippen LogP contribution in [0.15, 0.2) is 43.0 Å². The van der Waals surface area contributed by atoms with Gasteiger partial charge in [0.1, 0.15) is 18.2 Å². The average molecular weight is 357 g/mol. The van der Waals surface area contributed by atoms with Crippen molar-refractivity contribution < 1.29 is 23.4 Å². The summed E-state index contributed by atoms with van der Waals surface area (Å²) in [5.41, 5.74) is 1.80. The fraction of sp³-hybridized carbons (Fsp3) is 0.250. The summed E-state index contributed by atoms with van der Waals surface area (Å²) < 4.78 is 29.7. The van der Waals surface area contributed by atoms with Crippen molar-refractivity contribution in [1.82, 2.24) is 0 Å². The predicted molar refractivity (Wildman–Crippen MR) is 97.0 cm³/mol. The zero-order valence-corrected chi connectivity index (χ0v) is 14.8. The molecule has 2 aromatic carbocycles. The van der Waals surface area contributed by atoms with E-state index < -0.39 is 5.82 Å². The van der Waals surface area contributed by atoms with Crippen molar-refractivity contribution in [2.45, 2.75) is 6.42 Å².